The van der Waals surface area contributed by atoms with Crippen LogP contribution in [-0.4, -0.2) is 16.6 Å². The molecule has 0 spiro atoms. The molecular weight excluding hydrogens is 288 g/mol. The van der Waals surface area contributed by atoms with Crippen molar-refractivity contribution in [2.45, 2.75) is 5.37 Å². The molecule has 1 heterocycles. The second-order valence-corrected chi connectivity index (χ2v) is 5.68. The van der Waals surface area contributed by atoms with E-state index in [1.807, 2.05) is 30.3 Å². The number of hydrogen-bond donors (Lipinski definition) is 0. The van der Waals surface area contributed by atoms with Crippen molar-refractivity contribution in [3.8, 4) is 0 Å². The SMILES string of the molecule is O=C1CS[C@@H](c2ccc([N+](=O)[O-])cc2)N1c1ccccc1. The molecule has 1 atom stereocenters. The van der Waals surface area contributed by atoms with E-state index in [1.54, 1.807) is 17.0 Å². The topological polar surface area (TPSA) is 63.4 Å². The monoisotopic (exact) mass is 300 g/mol. The number of para-hydroxylation sites is 1. The van der Waals surface area contributed by atoms with Crippen molar-refractivity contribution in [3.63, 3.8) is 0 Å². The fourth-order valence-electron chi connectivity index (χ4n) is 2.30. The van der Waals surface area contributed by atoms with Gasteiger partial charge in [0.05, 0.1) is 10.7 Å². The summed E-state index contributed by atoms with van der Waals surface area (Å²) in [7, 11) is 0. The number of nitro groups is 1. The van der Waals surface area contributed by atoms with Crippen LogP contribution in [0.15, 0.2) is 54.6 Å². The molecule has 3 rings (SSSR count). The van der Waals surface area contributed by atoms with Gasteiger partial charge in [0.25, 0.3) is 5.69 Å². The van der Waals surface area contributed by atoms with Crippen molar-refractivity contribution >= 4 is 29.0 Å². The molecule has 1 aliphatic rings. The highest BCUT2D eigenvalue weighted by Gasteiger charge is 2.34. The number of non-ortho nitro benzene ring substituents is 1. The molecule has 0 bridgehead atoms. The Labute approximate surface area is 125 Å². The van der Waals surface area contributed by atoms with Crippen LogP contribution < -0.4 is 4.90 Å². The fourth-order valence-corrected chi connectivity index (χ4v) is 3.48. The Morgan fingerprint density at radius 2 is 1.76 bits per heavy atom. The molecular formula is C15H12N2O3S. The second kappa shape index (κ2) is 5.57. The Kier molecular flexibility index (Phi) is 3.62. The molecule has 0 unspecified atom stereocenters. The van der Waals surface area contributed by atoms with Crippen molar-refractivity contribution in [3.05, 3.63) is 70.3 Å². The molecule has 106 valence electrons. The molecule has 1 fully saturated rings. The van der Waals surface area contributed by atoms with Gasteiger partial charge in [0, 0.05) is 17.8 Å². The van der Waals surface area contributed by atoms with E-state index in [0.29, 0.717) is 5.75 Å². The number of thioether (sulfide) groups is 1. The van der Waals surface area contributed by atoms with Crippen molar-refractivity contribution in [1.82, 2.24) is 0 Å². The summed E-state index contributed by atoms with van der Waals surface area (Å²) in [6, 6.07) is 15.8. The third-order valence-electron chi connectivity index (χ3n) is 3.29. The van der Waals surface area contributed by atoms with Gasteiger partial charge in [-0.25, -0.2) is 0 Å². The van der Waals surface area contributed by atoms with Crippen LogP contribution in [0, 0.1) is 10.1 Å². The molecule has 1 saturated heterocycles. The lowest BCUT2D eigenvalue weighted by molar-refractivity contribution is -0.384. The summed E-state index contributed by atoms with van der Waals surface area (Å²) in [5.74, 6) is 0.464. The van der Waals surface area contributed by atoms with Gasteiger partial charge in [0.15, 0.2) is 0 Å². The predicted octanol–water partition coefficient (Wildman–Crippen LogP) is 3.37. The first-order chi connectivity index (χ1) is 10.2. The van der Waals surface area contributed by atoms with Crippen molar-refractivity contribution in [2.75, 3.05) is 10.7 Å². The van der Waals surface area contributed by atoms with Gasteiger partial charge in [0.1, 0.15) is 5.37 Å². The van der Waals surface area contributed by atoms with E-state index in [1.165, 1.54) is 23.9 Å². The fraction of sp³-hybridized carbons (Fsp3) is 0.133. The van der Waals surface area contributed by atoms with Gasteiger partial charge >= 0.3 is 0 Å². The van der Waals surface area contributed by atoms with Crippen LogP contribution in [0.3, 0.4) is 0 Å². The third-order valence-corrected chi connectivity index (χ3v) is 4.50. The van der Waals surface area contributed by atoms with Gasteiger partial charge in [-0.3, -0.25) is 19.8 Å². The van der Waals surface area contributed by atoms with Gasteiger partial charge in [-0.1, -0.05) is 18.2 Å². The highest BCUT2D eigenvalue weighted by Crippen LogP contribution is 2.41. The molecule has 0 aliphatic carbocycles. The number of hydrogen-bond acceptors (Lipinski definition) is 4. The number of rotatable bonds is 3. The largest absolute Gasteiger partial charge is 0.295 e. The summed E-state index contributed by atoms with van der Waals surface area (Å²) in [5, 5.41) is 10.6. The molecule has 6 heteroatoms. The number of carbonyl (C=O) groups excluding carboxylic acids is 1. The predicted molar refractivity (Wildman–Crippen MR) is 82.2 cm³/mol. The Morgan fingerprint density at radius 3 is 2.38 bits per heavy atom. The van der Waals surface area contributed by atoms with Gasteiger partial charge in [-0.2, -0.15) is 0 Å². The molecule has 2 aromatic rings. The van der Waals surface area contributed by atoms with Gasteiger partial charge in [0.2, 0.25) is 5.91 Å². The number of anilines is 1. The van der Waals surface area contributed by atoms with E-state index in [-0.39, 0.29) is 17.0 Å². The summed E-state index contributed by atoms with van der Waals surface area (Å²) in [6.45, 7) is 0. The summed E-state index contributed by atoms with van der Waals surface area (Å²) in [4.78, 5) is 24.2. The van der Waals surface area contributed by atoms with Crippen LogP contribution in [-0.2, 0) is 4.79 Å². The lowest BCUT2D eigenvalue weighted by atomic mass is 10.1. The van der Waals surface area contributed by atoms with E-state index in [2.05, 4.69) is 0 Å². The highest BCUT2D eigenvalue weighted by atomic mass is 32.2. The number of nitrogens with zero attached hydrogens (tertiary/aromatic N) is 2. The number of nitro benzene ring substituents is 1. The summed E-state index contributed by atoms with van der Waals surface area (Å²) in [6.07, 6.45) is 0. The average molecular weight is 300 g/mol. The van der Waals surface area contributed by atoms with Crippen LogP contribution in [0.5, 0.6) is 0 Å². The quantitative estimate of drug-likeness (QED) is 0.644. The number of carbonyl (C=O) groups is 1. The van der Waals surface area contributed by atoms with Crippen LogP contribution in [0.25, 0.3) is 0 Å². The first kappa shape index (κ1) is 13.6. The van der Waals surface area contributed by atoms with Crippen molar-refractivity contribution in [2.24, 2.45) is 0 Å². The zero-order valence-corrected chi connectivity index (χ0v) is 11.8. The molecule has 0 aromatic heterocycles. The maximum Gasteiger partial charge on any atom is 0.269 e. The zero-order chi connectivity index (χ0) is 14.8. The molecule has 5 nitrogen and oxygen atoms in total. The van der Waals surface area contributed by atoms with E-state index in [9.17, 15) is 14.9 Å². The summed E-state index contributed by atoms with van der Waals surface area (Å²) < 4.78 is 0. The Bertz CT molecular complexity index is 673. The van der Waals surface area contributed by atoms with Crippen molar-refractivity contribution < 1.29 is 9.72 Å². The minimum atomic E-state index is -0.425. The second-order valence-electron chi connectivity index (χ2n) is 4.61. The smallest absolute Gasteiger partial charge is 0.269 e. The van der Waals surface area contributed by atoms with Crippen LogP contribution in [0.2, 0.25) is 0 Å². The normalized spacial score (nSPS) is 18.0. The molecule has 0 N–H and O–H groups in total. The minimum absolute atomic E-state index is 0.0505. The van der Waals surface area contributed by atoms with E-state index in [4.69, 9.17) is 0 Å². The Balaban J connectivity index is 1.93. The van der Waals surface area contributed by atoms with Gasteiger partial charge in [-0.15, -0.1) is 11.8 Å². The standard InChI is InChI=1S/C15H12N2O3S/c18-14-10-21-15(16(14)12-4-2-1-3-5-12)11-6-8-13(9-7-11)17(19)20/h1-9,15H,10H2/t15-/m0/s1. The molecule has 1 amide bonds. The van der Waals surface area contributed by atoms with Crippen LogP contribution in [0.1, 0.15) is 10.9 Å². The Morgan fingerprint density at radius 1 is 1.10 bits per heavy atom. The highest BCUT2D eigenvalue weighted by molar-refractivity contribution is 8.00. The molecule has 2 aromatic carbocycles. The lowest BCUT2D eigenvalue weighted by Crippen LogP contribution is -2.27. The number of amides is 1. The zero-order valence-electron chi connectivity index (χ0n) is 11.0. The van der Waals surface area contributed by atoms with E-state index >= 15 is 0 Å². The Hall–Kier alpha value is -2.34. The van der Waals surface area contributed by atoms with E-state index in [0.717, 1.165) is 11.3 Å². The van der Waals surface area contributed by atoms with Gasteiger partial charge < -0.3 is 0 Å². The first-order valence-corrected chi connectivity index (χ1v) is 7.45. The average Bonchev–Trinajstić information content (AvgIpc) is 2.90. The molecule has 21 heavy (non-hydrogen) atoms. The van der Waals surface area contributed by atoms with Crippen LogP contribution in [0.4, 0.5) is 11.4 Å². The number of benzene rings is 2. The maximum atomic E-state index is 12.1. The van der Waals surface area contributed by atoms with E-state index < -0.39 is 4.92 Å². The lowest BCUT2D eigenvalue weighted by Gasteiger charge is -2.24. The van der Waals surface area contributed by atoms with Gasteiger partial charge in [-0.05, 0) is 29.8 Å². The minimum Gasteiger partial charge on any atom is -0.295 e. The summed E-state index contributed by atoms with van der Waals surface area (Å²) in [5.41, 5.74) is 1.79. The van der Waals surface area contributed by atoms with Crippen LogP contribution >= 0.6 is 11.8 Å². The first-order valence-electron chi connectivity index (χ1n) is 6.40. The maximum absolute atomic E-state index is 12.1. The summed E-state index contributed by atoms with van der Waals surface area (Å²) >= 11 is 1.53. The van der Waals surface area contributed by atoms with Crippen molar-refractivity contribution in [1.29, 1.82) is 0 Å². The third kappa shape index (κ3) is 2.62. The molecule has 1 aliphatic heterocycles. The molecule has 0 radical (unpaired) electrons. The molecule has 0 saturated carbocycles.